The second kappa shape index (κ2) is 8.70. The van der Waals surface area contributed by atoms with Crippen molar-refractivity contribution in [3.05, 3.63) is 40.7 Å². The fourth-order valence-electron chi connectivity index (χ4n) is 3.83. The van der Waals surface area contributed by atoms with Crippen molar-refractivity contribution in [3.8, 4) is 11.5 Å². The zero-order valence-electron chi connectivity index (χ0n) is 17.2. The Bertz CT molecular complexity index is 1090. The summed E-state index contributed by atoms with van der Waals surface area (Å²) in [5.74, 6) is 0.565. The first-order valence-corrected chi connectivity index (χ1v) is 11.8. The number of aromatic nitrogens is 1. The molecule has 0 bridgehead atoms. The number of sulfonamides is 1. The summed E-state index contributed by atoms with van der Waals surface area (Å²) in [6.45, 7) is 3.62. The zero-order valence-corrected chi connectivity index (χ0v) is 18.8. The molecule has 2 N–H and O–H groups in total. The lowest BCUT2D eigenvalue weighted by Gasteiger charge is -2.33. The predicted octanol–water partition coefficient (Wildman–Crippen LogP) is 1.45. The third-order valence-corrected chi connectivity index (χ3v) is 7.61. The minimum Gasteiger partial charge on any atom is -0.489 e. The largest absolute Gasteiger partial charge is 0.489 e. The Morgan fingerprint density at radius 1 is 1.13 bits per heavy atom. The van der Waals surface area contributed by atoms with E-state index >= 15 is 0 Å². The lowest BCUT2D eigenvalue weighted by molar-refractivity contribution is 0.0992. The first-order valence-electron chi connectivity index (χ1n) is 10.0. The fourth-order valence-corrected chi connectivity index (χ4v) is 5.61. The van der Waals surface area contributed by atoms with Crippen LogP contribution in [-0.2, 0) is 23.6 Å². The second-order valence-corrected chi connectivity index (χ2v) is 10.0. The van der Waals surface area contributed by atoms with Crippen LogP contribution < -0.4 is 15.2 Å². The molecule has 1 fully saturated rings. The number of carbonyl (C=O) groups is 1. The van der Waals surface area contributed by atoms with Gasteiger partial charge in [-0.15, -0.1) is 0 Å². The van der Waals surface area contributed by atoms with E-state index in [0.717, 1.165) is 12.0 Å². The van der Waals surface area contributed by atoms with Crippen LogP contribution in [0.1, 0.15) is 22.5 Å². The molecule has 11 heteroatoms. The number of hydrogen-bond acceptors (Lipinski definition) is 6. The number of nitrogens with zero attached hydrogens (tertiary/aromatic N) is 3. The van der Waals surface area contributed by atoms with Gasteiger partial charge < -0.3 is 19.8 Å². The molecule has 31 heavy (non-hydrogen) atoms. The van der Waals surface area contributed by atoms with E-state index in [-0.39, 0.29) is 10.6 Å². The molecule has 0 spiro atoms. The number of ether oxygens (including phenoxy) is 2. The summed E-state index contributed by atoms with van der Waals surface area (Å²) in [5.41, 5.74) is 6.44. The van der Waals surface area contributed by atoms with Gasteiger partial charge in [0, 0.05) is 52.4 Å². The zero-order chi connectivity index (χ0) is 22.2. The van der Waals surface area contributed by atoms with Crippen LogP contribution in [0.5, 0.6) is 11.5 Å². The summed E-state index contributed by atoms with van der Waals surface area (Å²) in [7, 11) is -2.10. The Labute approximate surface area is 186 Å². The van der Waals surface area contributed by atoms with E-state index in [0.29, 0.717) is 62.5 Å². The molecule has 168 valence electrons. The van der Waals surface area contributed by atoms with E-state index in [1.54, 1.807) is 7.05 Å². The molecular weight excluding hydrogens is 444 g/mol. The van der Waals surface area contributed by atoms with Crippen LogP contribution in [0, 0.1) is 0 Å². The molecule has 3 heterocycles. The summed E-state index contributed by atoms with van der Waals surface area (Å²) >= 11 is 6.38. The number of benzene rings is 1. The van der Waals surface area contributed by atoms with Crippen LogP contribution >= 0.6 is 11.6 Å². The number of carbonyl (C=O) groups excluding carboxylic acids is 1. The van der Waals surface area contributed by atoms with Crippen LogP contribution in [0.15, 0.2) is 29.3 Å². The minimum atomic E-state index is -3.70. The molecular formula is C20H25ClN4O5S. The molecule has 4 rings (SSSR count). The standard InChI is InChI=1S/C20H25ClN4O5S/c1-23-13-15(11-17(23)20(22)26)31(27,28)25-5-3-24(4-6-25)12-14-9-16(21)19-18(10-14)29-7-2-8-30-19/h9-11,13H,2-8,12H2,1H3,(H2,22,26). The lowest BCUT2D eigenvalue weighted by Crippen LogP contribution is -2.48. The number of fused-ring (bicyclic) bond motifs is 1. The van der Waals surface area contributed by atoms with Gasteiger partial charge in [0.05, 0.1) is 18.2 Å². The van der Waals surface area contributed by atoms with E-state index in [1.165, 1.54) is 21.1 Å². The number of nitrogens with two attached hydrogens (primary N) is 1. The monoisotopic (exact) mass is 468 g/mol. The Hall–Kier alpha value is -2.27. The van der Waals surface area contributed by atoms with Crippen LogP contribution in [0.2, 0.25) is 5.02 Å². The van der Waals surface area contributed by atoms with Crippen molar-refractivity contribution in [2.45, 2.75) is 17.9 Å². The Kier molecular flexibility index (Phi) is 6.16. The van der Waals surface area contributed by atoms with Crippen molar-refractivity contribution >= 4 is 27.5 Å². The lowest BCUT2D eigenvalue weighted by atomic mass is 10.1. The summed E-state index contributed by atoms with van der Waals surface area (Å²) < 4.78 is 40.2. The van der Waals surface area contributed by atoms with Gasteiger partial charge in [-0.05, 0) is 23.8 Å². The van der Waals surface area contributed by atoms with Gasteiger partial charge in [-0.25, -0.2) is 8.42 Å². The van der Waals surface area contributed by atoms with Crippen molar-refractivity contribution in [1.29, 1.82) is 0 Å². The van der Waals surface area contributed by atoms with Gasteiger partial charge in [0.2, 0.25) is 10.0 Å². The average molecular weight is 469 g/mol. The molecule has 9 nitrogen and oxygen atoms in total. The fraction of sp³-hybridized carbons (Fsp3) is 0.450. The van der Waals surface area contributed by atoms with Crippen molar-refractivity contribution < 1.29 is 22.7 Å². The molecule has 2 aliphatic heterocycles. The van der Waals surface area contributed by atoms with E-state index < -0.39 is 15.9 Å². The van der Waals surface area contributed by atoms with Gasteiger partial charge in [-0.1, -0.05) is 11.6 Å². The molecule has 0 unspecified atom stereocenters. The van der Waals surface area contributed by atoms with Crippen molar-refractivity contribution in [1.82, 2.24) is 13.8 Å². The highest BCUT2D eigenvalue weighted by molar-refractivity contribution is 7.89. The Morgan fingerprint density at radius 3 is 2.52 bits per heavy atom. The van der Waals surface area contributed by atoms with Gasteiger partial charge in [0.15, 0.2) is 11.5 Å². The van der Waals surface area contributed by atoms with E-state index in [9.17, 15) is 13.2 Å². The first kappa shape index (κ1) is 21.9. The van der Waals surface area contributed by atoms with Gasteiger partial charge >= 0.3 is 0 Å². The quantitative estimate of drug-likeness (QED) is 0.711. The highest BCUT2D eigenvalue weighted by Gasteiger charge is 2.30. The smallest absolute Gasteiger partial charge is 0.265 e. The predicted molar refractivity (Wildman–Crippen MR) is 115 cm³/mol. The molecule has 1 aromatic heterocycles. The normalized spacial score (nSPS) is 18.0. The number of halogens is 1. The molecule has 2 aromatic rings. The van der Waals surface area contributed by atoms with Crippen LogP contribution in [0.3, 0.4) is 0 Å². The average Bonchev–Trinajstić information content (AvgIpc) is 2.97. The maximum atomic E-state index is 13.0. The molecule has 1 amide bonds. The Morgan fingerprint density at radius 2 is 1.84 bits per heavy atom. The Balaban J connectivity index is 1.42. The summed E-state index contributed by atoms with van der Waals surface area (Å²) in [5, 5.41) is 0.518. The molecule has 1 aromatic carbocycles. The van der Waals surface area contributed by atoms with Crippen molar-refractivity contribution in [2.75, 3.05) is 39.4 Å². The number of primary amides is 1. The van der Waals surface area contributed by atoms with Crippen molar-refractivity contribution in [3.63, 3.8) is 0 Å². The van der Waals surface area contributed by atoms with E-state index in [1.807, 2.05) is 12.1 Å². The molecule has 0 aliphatic carbocycles. The van der Waals surface area contributed by atoms with Gasteiger partial charge in [-0.2, -0.15) is 4.31 Å². The summed E-state index contributed by atoms with van der Waals surface area (Å²) in [6, 6.07) is 5.13. The highest BCUT2D eigenvalue weighted by Crippen LogP contribution is 2.38. The number of aryl methyl sites for hydroxylation is 1. The summed E-state index contributed by atoms with van der Waals surface area (Å²) in [6.07, 6.45) is 2.22. The SMILES string of the molecule is Cn1cc(S(=O)(=O)N2CCN(Cc3cc(Cl)c4c(c3)OCCCO4)CC2)cc1C(N)=O. The number of hydrogen-bond donors (Lipinski definition) is 1. The molecule has 0 saturated carbocycles. The van der Waals surface area contributed by atoms with Crippen molar-refractivity contribution in [2.24, 2.45) is 12.8 Å². The van der Waals surface area contributed by atoms with Gasteiger partial charge in [0.25, 0.3) is 5.91 Å². The van der Waals surface area contributed by atoms with Gasteiger partial charge in [0.1, 0.15) is 10.6 Å². The minimum absolute atomic E-state index is 0.0759. The van der Waals surface area contributed by atoms with Crippen LogP contribution in [-0.4, -0.2) is 67.5 Å². The first-order chi connectivity index (χ1) is 14.8. The number of piperazine rings is 1. The number of rotatable bonds is 5. The van der Waals surface area contributed by atoms with E-state index in [2.05, 4.69) is 4.90 Å². The molecule has 1 saturated heterocycles. The maximum absolute atomic E-state index is 13.0. The van der Waals surface area contributed by atoms with E-state index in [4.69, 9.17) is 26.8 Å². The summed E-state index contributed by atoms with van der Waals surface area (Å²) in [4.78, 5) is 13.7. The topological polar surface area (TPSA) is 107 Å². The second-order valence-electron chi connectivity index (χ2n) is 7.67. The molecule has 2 aliphatic rings. The van der Waals surface area contributed by atoms with Crippen LogP contribution in [0.25, 0.3) is 0 Å². The highest BCUT2D eigenvalue weighted by atomic mass is 35.5. The maximum Gasteiger partial charge on any atom is 0.265 e. The third kappa shape index (κ3) is 4.52. The van der Waals surface area contributed by atoms with Crippen LogP contribution in [0.4, 0.5) is 0 Å². The molecule has 0 atom stereocenters. The van der Waals surface area contributed by atoms with Gasteiger partial charge in [-0.3, -0.25) is 9.69 Å². The number of amides is 1. The third-order valence-electron chi connectivity index (χ3n) is 5.47. The molecule has 0 radical (unpaired) electrons.